The lowest BCUT2D eigenvalue weighted by Gasteiger charge is -2.05. The average molecular weight is 130 g/mol. The molecule has 0 aliphatic heterocycles. The predicted molar refractivity (Wildman–Crippen MR) is 52.3 cm³/mol. The van der Waals surface area contributed by atoms with Crippen molar-refractivity contribution < 1.29 is 0 Å². The average Bonchev–Trinajstić information content (AvgIpc) is 1.82. The van der Waals surface area contributed by atoms with E-state index in [0.717, 1.165) is 0 Å². The van der Waals surface area contributed by atoms with Gasteiger partial charge in [0.1, 0.15) is 15.7 Å². The highest BCUT2D eigenvalue weighted by Gasteiger charge is 1.95. The summed E-state index contributed by atoms with van der Waals surface area (Å²) in [5.74, 6) is 0. The van der Waals surface area contributed by atoms with Crippen LogP contribution in [0, 0.1) is 13.8 Å². The van der Waals surface area contributed by atoms with Crippen LogP contribution in [-0.2, 0) is 0 Å². The third-order valence-corrected chi connectivity index (χ3v) is 2.07. The van der Waals surface area contributed by atoms with E-state index in [2.05, 4.69) is 41.7 Å². The Hall–Kier alpha value is -0.650. The third kappa shape index (κ3) is 1.26. The van der Waals surface area contributed by atoms with Crippen molar-refractivity contribution in [1.29, 1.82) is 0 Å². The molecule has 0 radical (unpaired) electrons. The van der Waals surface area contributed by atoms with E-state index >= 15 is 0 Å². The van der Waals surface area contributed by atoms with Gasteiger partial charge in [-0.1, -0.05) is 34.2 Å². The molecule has 0 saturated heterocycles. The van der Waals surface area contributed by atoms with Gasteiger partial charge in [-0.2, -0.15) is 0 Å². The highest BCUT2D eigenvalue weighted by molar-refractivity contribution is 6.37. The lowest BCUT2D eigenvalue weighted by Crippen LogP contribution is -2.17. The van der Waals surface area contributed by atoms with Crippen molar-refractivity contribution >= 4 is 26.6 Å². The van der Waals surface area contributed by atoms with Gasteiger partial charge >= 0.3 is 0 Å². The van der Waals surface area contributed by atoms with Crippen molar-refractivity contribution in [3.05, 3.63) is 23.3 Å². The minimum atomic E-state index is 1.36. The van der Waals surface area contributed by atoms with Gasteiger partial charge in [0, 0.05) is 0 Å². The number of hydrogen-bond acceptors (Lipinski definition) is 0. The fourth-order valence-electron chi connectivity index (χ4n) is 1.25. The van der Waals surface area contributed by atoms with E-state index in [-0.39, 0.29) is 0 Å². The maximum absolute atomic E-state index is 2.22. The van der Waals surface area contributed by atoms with Crippen LogP contribution in [-0.4, -0.2) is 15.7 Å². The maximum Gasteiger partial charge on any atom is 0.139 e. The van der Waals surface area contributed by atoms with Gasteiger partial charge in [-0.3, -0.25) is 0 Å². The summed E-state index contributed by atoms with van der Waals surface area (Å²) in [4.78, 5) is 0. The van der Waals surface area contributed by atoms with Crippen LogP contribution in [0.1, 0.15) is 11.1 Å². The minimum absolute atomic E-state index is 1.36. The van der Waals surface area contributed by atoms with Crippen LogP contribution in [0.3, 0.4) is 0 Å². The van der Waals surface area contributed by atoms with Crippen molar-refractivity contribution in [2.24, 2.45) is 0 Å². The smallest absolute Gasteiger partial charge is 0.0885 e. The second-order valence-electron chi connectivity index (χ2n) is 3.02. The van der Waals surface area contributed by atoms with Gasteiger partial charge in [0.15, 0.2) is 0 Å². The Morgan fingerprint density at radius 3 is 1.80 bits per heavy atom. The van der Waals surface area contributed by atoms with E-state index in [1.54, 1.807) is 0 Å². The van der Waals surface area contributed by atoms with Crippen molar-refractivity contribution in [2.75, 3.05) is 0 Å². The van der Waals surface area contributed by atoms with Crippen LogP contribution in [0.25, 0.3) is 0 Å². The van der Waals surface area contributed by atoms with Crippen LogP contribution in [0.2, 0.25) is 0 Å². The van der Waals surface area contributed by atoms with Gasteiger partial charge in [-0.05, 0) is 13.8 Å². The highest BCUT2D eigenvalue weighted by atomic mass is 14.0. The molecule has 0 aliphatic rings. The number of aryl methyl sites for hydroxylation is 2. The molecule has 1 aromatic carbocycles. The summed E-state index contributed by atoms with van der Waals surface area (Å²) in [5, 5.41) is 0. The molecule has 0 heterocycles. The van der Waals surface area contributed by atoms with Gasteiger partial charge in [-0.25, -0.2) is 0 Å². The summed E-state index contributed by atoms with van der Waals surface area (Å²) in [6, 6.07) is 4.45. The van der Waals surface area contributed by atoms with Gasteiger partial charge in [0.05, 0.1) is 0 Å². The van der Waals surface area contributed by atoms with Gasteiger partial charge in [0.25, 0.3) is 0 Å². The Morgan fingerprint density at radius 2 is 1.40 bits per heavy atom. The molecule has 2 heteroatoms. The summed E-state index contributed by atoms with van der Waals surface area (Å²) in [6.07, 6.45) is 0. The maximum atomic E-state index is 2.22. The normalized spacial score (nSPS) is 9.80. The van der Waals surface area contributed by atoms with Crippen molar-refractivity contribution in [1.82, 2.24) is 0 Å². The predicted octanol–water partition coefficient (Wildman–Crippen LogP) is -1.18. The fraction of sp³-hybridized carbons (Fsp3) is 0.250. The monoisotopic (exact) mass is 130 g/mol. The van der Waals surface area contributed by atoms with E-state index in [9.17, 15) is 0 Å². The molecule has 0 fully saturated rings. The molecule has 1 rings (SSSR count). The van der Waals surface area contributed by atoms with E-state index < -0.39 is 0 Å². The van der Waals surface area contributed by atoms with Crippen molar-refractivity contribution in [3.63, 3.8) is 0 Å². The molecule has 0 amide bonds. The molecule has 0 spiro atoms. The first-order valence-electron chi connectivity index (χ1n) is 3.65. The number of hydrogen-bond donors (Lipinski definition) is 0. The molecule has 0 aromatic heterocycles. The first-order chi connectivity index (χ1) is 4.61. The van der Waals surface area contributed by atoms with E-state index in [1.165, 1.54) is 22.1 Å². The molecule has 0 bridgehead atoms. The zero-order valence-electron chi connectivity index (χ0n) is 7.15. The van der Waals surface area contributed by atoms with Crippen molar-refractivity contribution in [2.45, 2.75) is 13.8 Å². The molecule has 0 atom stereocenters. The SMILES string of the molecule is Bc1cc(C)c(B)c(C)c1. The quantitative estimate of drug-likeness (QED) is 0.387. The van der Waals surface area contributed by atoms with Gasteiger partial charge in [-0.15, -0.1) is 0 Å². The van der Waals surface area contributed by atoms with Crippen molar-refractivity contribution in [3.8, 4) is 0 Å². The molecule has 0 N–H and O–H groups in total. The Bertz CT molecular complexity index is 230. The standard InChI is InChI=1S/C8H12B2/c1-5-3-7(9)4-6(2)8(5)10/h3-4H,9-10H2,1-2H3. The number of benzene rings is 1. The van der Waals surface area contributed by atoms with E-state index in [1.807, 2.05) is 0 Å². The summed E-state index contributed by atoms with van der Waals surface area (Å²) in [7, 11) is 4.31. The van der Waals surface area contributed by atoms with Crippen LogP contribution in [0.4, 0.5) is 0 Å². The van der Waals surface area contributed by atoms with Crippen LogP contribution >= 0.6 is 0 Å². The summed E-state index contributed by atoms with van der Waals surface area (Å²) >= 11 is 0. The zero-order valence-corrected chi connectivity index (χ0v) is 7.15. The molecular formula is C8H12B2. The summed E-state index contributed by atoms with van der Waals surface area (Å²) in [5.41, 5.74) is 5.58. The first kappa shape index (κ1) is 7.46. The Labute approximate surface area is 64.5 Å². The molecule has 0 nitrogen and oxygen atoms in total. The summed E-state index contributed by atoms with van der Waals surface area (Å²) in [6.45, 7) is 4.32. The topological polar surface area (TPSA) is 0 Å². The Balaban J connectivity index is 3.31. The van der Waals surface area contributed by atoms with E-state index in [0.29, 0.717) is 0 Å². The minimum Gasteiger partial charge on any atom is -0.0885 e. The summed E-state index contributed by atoms with van der Waals surface area (Å²) < 4.78 is 0. The second-order valence-corrected chi connectivity index (χ2v) is 3.02. The van der Waals surface area contributed by atoms with Gasteiger partial charge < -0.3 is 0 Å². The molecular weight excluding hydrogens is 118 g/mol. The second kappa shape index (κ2) is 2.53. The lowest BCUT2D eigenvalue weighted by atomic mass is 9.82. The largest absolute Gasteiger partial charge is 0.139 e. The Morgan fingerprint density at radius 1 is 1.00 bits per heavy atom. The fourth-order valence-corrected chi connectivity index (χ4v) is 1.25. The zero-order chi connectivity index (χ0) is 7.72. The van der Waals surface area contributed by atoms with Crippen LogP contribution in [0.15, 0.2) is 12.1 Å². The van der Waals surface area contributed by atoms with Gasteiger partial charge in [0.2, 0.25) is 0 Å². The molecule has 50 valence electrons. The molecule has 0 saturated carbocycles. The first-order valence-corrected chi connectivity index (χ1v) is 3.65. The Kier molecular flexibility index (Phi) is 1.89. The molecule has 0 aliphatic carbocycles. The lowest BCUT2D eigenvalue weighted by molar-refractivity contribution is 1.45. The number of rotatable bonds is 0. The van der Waals surface area contributed by atoms with Crippen LogP contribution in [0.5, 0.6) is 0 Å². The molecule has 1 aromatic rings. The van der Waals surface area contributed by atoms with E-state index in [4.69, 9.17) is 0 Å². The molecule has 0 unspecified atom stereocenters. The van der Waals surface area contributed by atoms with Crippen LogP contribution < -0.4 is 10.9 Å². The highest BCUT2D eigenvalue weighted by Crippen LogP contribution is 1.93. The molecule has 10 heavy (non-hydrogen) atoms. The third-order valence-electron chi connectivity index (χ3n) is 2.07.